The van der Waals surface area contributed by atoms with Crippen LogP contribution in [0.3, 0.4) is 0 Å². The van der Waals surface area contributed by atoms with Crippen LogP contribution < -0.4 is 0 Å². The van der Waals surface area contributed by atoms with Crippen LogP contribution in [0, 0.1) is 0 Å². The molecule has 2 aliphatic rings. The number of rotatable bonds is 2. The highest BCUT2D eigenvalue weighted by Gasteiger charge is 2.59. The summed E-state index contributed by atoms with van der Waals surface area (Å²) in [6.07, 6.45) is -1.05. The van der Waals surface area contributed by atoms with E-state index in [4.69, 9.17) is 22.1 Å². The molecule has 5 heteroatoms. The van der Waals surface area contributed by atoms with E-state index in [1.165, 1.54) is 0 Å². The lowest BCUT2D eigenvalue weighted by atomic mass is 9.92. The van der Waals surface area contributed by atoms with E-state index in [1.807, 2.05) is 0 Å². The van der Waals surface area contributed by atoms with Gasteiger partial charge in [-0.1, -0.05) is 0 Å². The summed E-state index contributed by atoms with van der Waals surface area (Å²) in [5.74, 6) is 0. The van der Waals surface area contributed by atoms with Crippen LogP contribution >= 0.6 is 0 Å². The van der Waals surface area contributed by atoms with Crippen LogP contribution in [0.25, 0.3) is 0 Å². The second-order valence-corrected chi connectivity index (χ2v) is 3.30. The predicted octanol–water partition coefficient (Wildman–Crippen LogP) is -1.34. The first kappa shape index (κ1) is 8.50. The Morgan fingerprint density at radius 2 is 2.50 bits per heavy atom. The van der Waals surface area contributed by atoms with Crippen molar-refractivity contribution < 1.29 is 19.3 Å². The lowest BCUT2D eigenvalue weighted by Gasteiger charge is -2.28. The van der Waals surface area contributed by atoms with Gasteiger partial charge in [0.15, 0.2) is 0 Å². The Morgan fingerprint density at radius 1 is 1.75 bits per heavy atom. The van der Waals surface area contributed by atoms with Crippen molar-refractivity contribution in [2.75, 3.05) is 20.3 Å². The minimum atomic E-state index is -0.723. The van der Waals surface area contributed by atoms with Gasteiger partial charge in [0.25, 0.3) is 0 Å². The van der Waals surface area contributed by atoms with E-state index in [2.05, 4.69) is 0 Å². The summed E-state index contributed by atoms with van der Waals surface area (Å²) in [6.45, 7) is 0.679. The molecule has 12 heavy (non-hydrogen) atoms. The minimum absolute atomic E-state index is 0.318. The fourth-order valence-electron chi connectivity index (χ4n) is 1.83. The number of aliphatic hydroxyl groups excluding tert-OH is 1. The number of hydrogen-bond acceptors (Lipinski definition) is 4. The van der Waals surface area contributed by atoms with Gasteiger partial charge in [0.2, 0.25) is 0 Å². The summed E-state index contributed by atoms with van der Waals surface area (Å²) >= 11 is 0. The molecule has 2 rings (SSSR count). The van der Waals surface area contributed by atoms with Crippen molar-refractivity contribution in [3.8, 4) is 0 Å². The third-order valence-corrected chi connectivity index (χ3v) is 2.45. The predicted molar refractivity (Wildman–Crippen MR) is 41.0 cm³/mol. The number of methoxy groups -OCH3 is 1. The molecule has 0 spiro atoms. The zero-order valence-corrected chi connectivity index (χ0v) is 6.90. The van der Waals surface area contributed by atoms with Crippen molar-refractivity contribution in [3.05, 3.63) is 0 Å². The molecular weight excluding hydrogens is 159 g/mol. The Bertz CT molecular complexity index is 188. The second-order valence-electron chi connectivity index (χ2n) is 3.30. The lowest BCUT2D eigenvalue weighted by Crippen LogP contribution is -2.45. The van der Waals surface area contributed by atoms with Crippen LogP contribution in [0.15, 0.2) is 0 Å². The summed E-state index contributed by atoms with van der Waals surface area (Å²) in [4.78, 5) is 0. The third kappa shape index (κ3) is 0.940. The fourth-order valence-corrected chi connectivity index (χ4v) is 1.83. The molecular formula is C7H11BO4. The van der Waals surface area contributed by atoms with Crippen molar-refractivity contribution in [2.45, 2.75) is 23.8 Å². The van der Waals surface area contributed by atoms with Gasteiger partial charge in [0, 0.05) is 13.1 Å². The van der Waals surface area contributed by atoms with Crippen molar-refractivity contribution in [1.82, 2.24) is 0 Å². The van der Waals surface area contributed by atoms with E-state index in [1.54, 1.807) is 7.11 Å². The van der Waals surface area contributed by atoms with Gasteiger partial charge in [-0.05, 0) is 0 Å². The molecule has 2 heterocycles. The van der Waals surface area contributed by atoms with Gasteiger partial charge in [0.1, 0.15) is 25.7 Å². The summed E-state index contributed by atoms with van der Waals surface area (Å²) < 4.78 is 15.6. The van der Waals surface area contributed by atoms with E-state index in [9.17, 15) is 5.11 Å². The minimum Gasteiger partial charge on any atom is -0.387 e. The first-order valence-electron chi connectivity index (χ1n) is 3.92. The average molecular weight is 170 g/mol. The van der Waals surface area contributed by atoms with Gasteiger partial charge in [-0.25, -0.2) is 0 Å². The standard InChI is InChI=1S/C7H11BO4/c1-10-2-7-3-11-4(5(7)9)6(8)12-7/h4-6,9H,2-3H2,1H3. The van der Waals surface area contributed by atoms with Crippen LogP contribution in [0.1, 0.15) is 0 Å². The van der Waals surface area contributed by atoms with Gasteiger partial charge < -0.3 is 19.3 Å². The summed E-state index contributed by atoms with van der Waals surface area (Å²) in [7, 11) is 7.12. The van der Waals surface area contributed by atoms with Crippen LogP contribution in [-0.4, -0.2) is 57.1 Å². The van der Waals surface area contributed by atoms with Gasteiger partial charge in [-0.3, -0.25) is 0 Å². The molecule has 1 N–H and O–H groups in total. The number of ether oxygens (including phenoxy) is 3. The Labute approximate surface area is 72.2 Å². The van der Waals surface area contributed by atoms with E-state index in [0.717, 1.165) is 0 Å². The molecule has 0 aliphatic carbocycles. The highest BCUT2D eigenvalue weighted by Crippen LogP contribution is 2.38. The van der Waals surface area contributed by atoms with Gasteiger partial charge in [-0.15, -0.1) is 0 Å². The molecule has 2 fully saturated rings. The van der Waals surface area contributed by atoms with Crippen LogP contribution in [0.4, 0.5) is 0 Å². The maximum Gasteiger partial charge on any atom is 0.142 e. The largest absolute Gasteiger partial charge is 0.387 e. The number of fused-ring (bicyclic) bond motifs is 2. The van der Waals surface area contributed by atoms with E-state index < -0.39 is 17.7 Å². The van der Waals surface area contributed by atoms with Crippen LogP contribution in [-0.2, 0) is 14.2 Å². The molecule has 0 aromatic rings. The molecule has 0 aromatic carbocycles. The highest BCUT2D eigenvalue weighted by atomic mass is 16.6. The fraction of sp³-hybridized carbons (Fsp3) is 1.00. The molecule has 0 saturated carbocycles. The quantitative estimate of drug-likeness (QED) is 0.521. The molecule has 66 valence electrons. The van der Waals surface area contributed by atoms with Crippen LogP contribution in [0.2, 0.25) is 0 Å². The van der Waals surface area contributed by atoms with Crippen molar-refractivity contribution in [3.63, 3.8) is 0 Å². The summed E-state index contributed by atoms with van der Waals surface area (Å²) in [6, 6.07) is -0.524. The topological polar surface area (TPSA) is 47.9 Å². The molecule has 4 unspecified atom stereocenters. The number of hydrogen-bond donors (Lipinski definition) is 1. The molecule has 0 aromatic heterocycles. The molecule has 2 radical (unpaired) electrons. The Kier molecular flexibility index (Phi) is 1.91. The number of aliphatic hydroxyl groups is 1. The Hall–Kier alpha value is -0.0951. The van der Waals surface area contributed by atoms with Crippen molar-refractivity contribution >= 4 is 7.85 Å². The first-order chi connectivity index (χ1) is 5.69. The normalized spacial score (nSPS) is 51.7. The zero-order valence-electron chi connectivity index (χ0n) is 6.90. The molecule has 2 aliphatic heterocycles. The van der Waals surface area contributed by atoms with E-state index in [0.29, 0.717) is 13.2 Å². The van der Waals surface area contributed by atoms with Crippen molar-refractivity contribution in [2.24, 2.45) is 0 Å². The SMILES string of the molecule is [B]C1OC2(COC)COC1C2O. The second kappa shape index (κ2) is 2.70. The van der Waals surface area contributed by atoms with Gasteiger partial charge in [-0.2, -0.15) is 0 Å². The molecule has 0 amide bonds. The maximum absolute atomic E-state index is 9.67. The Balaban J connectivity index is 2.15. The monoisotopic (exact) mass is 170 g/mol. The molecule has 4 nitrogen and oxygen atoms in total. The summed E-state index contributed by atoms with van der Waals surface area (Å²) in [5.41, 5.74) is -0.723. The van der Waals surface area contributed by atoms with Gasteiger partial charge >= 0.3 is 0 Å². The van der Waals surface area contributed by atoms with E-state index in [-0.39, 0.29) is 6.10 Å². The molecule has 2 saturated heterocycles. The van der Waals surface area contributed by atoms with Gasteiger partial charge in [0.05, 0.1) is 13.2 Å². The highest BCUT2D eigenvalue weighted by molar-refractivity contribution is 6.11. The third-order valence-electron chi connectivity index (χ3n) is 2.45. The van der Waals surface area contributed by atoms with Crippen molar-refractivity contribution in [1.29, 1.82) is 0 Å². The molecule has 4 atom stereocenters. The zero-order chi connectivity index (χ0) is 8.77. The summed E-state index contributed by atoms with van der Waals surface area (Å²) in [5, 5.41) is 9.67. The van der Waals surface area contributed by atoms with Crippen LogP contribution in [0.5, 0.6) is 0 Å². The average Bonchev–Trinajstić information content (AvgIpc) is 2.41. The van der Waals surface area contributed by atoms with E-state index >= 15 is 0 Å². The first-order valence-corrected chi connectivity index (χ1v) is 3.92. The molecule has 2 bridgehead atoms. The lowest BCUT2D eigenvalue weighted by molar-refractivity contribution is -0.142. The smallest absolute Gasteiger partial charge is 0.142 e. The maximum atomic E-state index is 9.67. The Morgan fingerprint density at radius 3 is 2.92 bits per heavy atom.